The second-order valence-corrected chi connectivity index (χ2v) is 4.59. The van der Waals surface area contributed by atoms with Gasteiger partial charge in [0.25, 0.3) is 0 Å². The van der Waals surface area contributed by atoms with E-state index in [1.807, 2.05) is 43.7 Å². The minimum Gasteiger partial charge on any atom is -0.495 e. The number of rotatable bonds is 3. The zero-order valence-electron chi connectivity index (χ0n) is 11.6. The quantitative estimate of drug-likeness (QED) is 0.793. The van der Waals surface area contributed by atoms with E-state index in [0.29, 0.717) is 5.56 Å². The first kappa shape index (κ1) is 13.2. The second-order valence-electron chi connectivity index (χ2n) is 4.59. The number of benzene rings is 1. The molecule has 0 atom stereocenters. The lowest BCUT2D eigenvalue weighted by Crippen LogP contribution is -2.01. The van der Waals surface area contributed by atoms with Crippen molar-refractivity contribution in [2.75, 3.05) is 7.11 Å². The summed E-state index contributed by atoms with van der Waals surface area (Å²) in [5.74, 6) is 0.601. The summed E-state index contributed by atoms with van der Waals surface area (Å²) in [6.07, 6.45) is -0.101. The Morgan fingerprint density at radius 1 is 1.42 bits per heavy atom. The van der Waals surface area contributed by atoms with E-state index in [4.69, 9.17) is 10.00 Å². The second kappa shape index (κ2) is 4.77. The van der Waals surface area contributed by atoms with E-state index in [0.717, 1.165) is 27.9 Å². The summed E-state index contributed by atoms with van der Waals surface area (Å²) >= 11 is 0. The molecule has 2 rings (SSSR count). The number of hydrogen-bond acceptors (Lipinski definition) is 3. The number of hydrogen-bond donors (Lipinski definition) is 0. The van der Waals surface area contributed by atoms with Crippen molar-refractivity contribution in [1.82, 2.24) is 4.57 Å². The first-order chi connectivity index (χ1) is 9.02. The largest absolute Gasteiger partial charge is 0.495 e. The van der Waals surface area contributed by atoms with Gasteiger partial charge < -0.3 is 9.30 Å². The lowest BCUT2D eigenvalue weighted by atomic mass is 10.0. The van der Waals surface area contributed by atoms with Crippen LogP contribution in [0.15, 0.2) is 12.1 Å². The van der Waals surface area contributed by atoms with E-state index >= 15 is 0 Å². The zero-order chi connectivity index (χ0) is 14.2. The van der Waals surface area contributed by atoms with Gasteiger partial charge in [-0.15, -0.1) is 0 Å². The fraction of sp³-hybridized carbons (Fsp3) is 0.333. The molecule has 0 unspecified atom stereocenters. The van der Waals surface area contributed by atoms with Crippen LogP contribution in [0.4, 0.5) is 0 Å². The Labute approximate surface area is 112 Å². The third-order valence-corrected chi connectivity index (χ3v) is 3.54. The third-order valence-electron chi connectivity index (χ3n) is 3.54. The fourth-order valence-corrected chi connectivity index (χ4v) is 2.50. The highest BCUT2D eigenvalue weighted by molar-refractivity contribution is 6.12. The molecule has 4 heteroatoms. The smallest absolute Gasteiger partial charge is 0.179 e. The van der Waals surface area contributed by atoms with Gasteiger partial charge in [0.05, 0.1) is 25.1 Å². The number of aryl methyl sites for hydroxylation is 2. The summed E-state index contributed by atoms with van der Waals surface area (Å²) < 4.78 is 7.32. The van der Waals surface area contributed by atoms with E-state index in [-0.39, 0.29) is 12.2 Å². The Bertz CT molecular complexity index is 705. The molecule has 19 heavy (non-hydrogen) atoms. The topological polar surface area (TPSA) is 55.0 Å². The van der Waals surface area contributed by atoms with Crippen LogP contribution >= 0.6 is 0 Å². The van der Waals surface area contributed by atoms with E-state index < -0.39 is 0 Å². The van der Waals surface area contributed by atoms with Crippen LogP contribution in [0.3, 0.4) is 0 Å². The molecular weight excluding hydrogens is 240 g/mol. The molecular formula is C15H16N2O2. The molecule has 2 aromatic rings. The number of ketones is 1. The van der Waals surface area contributed by atoms with E-state index in [1.165, 1.54) is 0 Å². The number of Topliss-reactive ketones (excluding diaryl/α,β-unsaturated/α-hetero) is 1. The number of carbonyl (C=O) groups is 1. The molecule has 0 aliphatic carbocycles. The van der Waals surface area contributed by atoms with Crippen LogP contribution in [-0.2, 0) is 7.05 Å². The monoisotopic (exact) mass is 256 g/mol. The van der Waals surface area contributed by atoms with E-state index in [1.54, 1.807) is 7.11 Å². The molecule has 0 aliphatic rings. The Hall–Kier alpha value is -2.28. The van der Waals surface area contributed by atoms with Crippen molar-refractivity contribution in [3.05, 3.63) is 29.0 Å². The van der Waals surface area contributed by atoms with Crippen LogP contribution in [0.25, 0.3) is 10.9 Å². The average molecular weight is 256 g/mol. The minimum absolute atomic E-state index is 0.101. The maximum atomic E-state index is 12.2. The first-order valence-corrected chi connectivity index (χ1v) is 6.05. The molecule has 1 aromatic heterocycles. The molecule has 0 fully saturated rings. The van der Waals surface area contributed by atoms with Gasteiger partial charge in [0.15, 0.2) is 5.78 Å². The van der Waals surface area contributed by atoms with Gasteiger partial charge in [-0.3, -0.25) is 4.79 Å². The lowest BCUT2D eigenvalue weighted by molar-refractivity contribution is 0.0998. The first-order valence-electron chi connectivity index (χ1n) is 6.05. The van der Waals surface area contributed by atoms with Crippen LogP contribution < -0.4 is 4.74 Å². The minimum atomic E-state index is -0.137. The maximum absolute atomic E-state index is 12.2. The molecule has 98 valence electrons. The normalized spacial score (nSPS) is 10.5. The summed E-state index contributed by atoms with van der Waals surface area (Å²) in [5, 5.41) is 9.62. The Morgan fingerprint density at radius 2 is 2.11 bits per heavy atom. The summed E-state index contributed by atoms with van der Waals surface area (Å²) in [6.45, 7) is 3.86. The van der Waals surface area contributed by atoms with Crippen LogP contribution in [-0.4, -0.2) is 17.5 Å². The molecule has 1 aromatic carbocycles. The average Bonchev–Trinajstić information content (AvgIpc) is 2.65. The molecule has 0 saturated carbocycles. The SMILES string of the molecule is COc1ccc(C)c2c(C(=O)CC#N)c(C)n(C)c12. The number of methoxy groups -OCH3 is 1. The van der Waals surface area contributed by atoms with Crippen LogP contribution in [0.1, 0.15) is 28.0 Å². The van der Waals surface area contributed by atoms with Gasteiger partial charge in [0.2, 0.25) is 0 Å². The Balaban J connectivity index is 2.90. The van der Waals surface area contributed by atoms with Crippen LogP contribution in [0.2, 0.25) is 0 Å². The lowest BCUT2D eigenvalue weighted by Gasteiger charge is -2.06. The summed E-state index contributed by atoms with van der Waals surface area (Å²) in [4.78, 5) is 12.2. The highest BCUT2D eigenvalue weighted by Gasteiger charge is 2.21. The molecule has 0 bridgehead atoms. The number of aromatic nitrogens is 1. The van der Waals surface area contributed by atoms with E-state index in [9.17, 15) is 4.79 Å². The number of nitriles is 1. The molecule has 0 spiro atoms. The molecule has 0 radical (unpaired) electrons. The van der Waals surface area contributed by atoms with Crippen LogP contribution in [0, 0.1) is 25.2 Å². The molecule has 0 N–H and O–H groups in total. The molecule has 0 aliphatic heterocycles. The molecule has 1 heterocycles. The standard InChI is InChI=1S/C15H16N2O2/c1-9-5-6-12(19-4)15-13(9)14(10(2)17(15)3)11(18)7-8-16/h5-6H,7H2,1-4H3. The van der Waals surface area contributed by atoms with Gasteiger partial charge >= 0.3 is 0 Å². The summed E-state index contributed by atoms with van der Waals surface area (Å²) in [7, 11) is 3.52. The summed E-state index contributed by atoms with van der Waals surface area (Å²) in [6, 6.07) is 5.76. The van der Waals surface area contributed by atoms with Gasteiger partial charge in [-0.25, -0.2) is 0 Å². The van der Waals surface area contributed by atoms with Crippen molar-refractivity contribution in [3.8, 4) is 11.8 Å². The van der Waals surface area contributed by atoms with Crippen molar-refractivity contribution in [2.24, 2.45) is 7.05 Å². The van der Waals surface area contributed by atoms with Gasteiger partial charge in [-0.05, 0) is 25.5 Å². The van der Waals surface area contributed by atoms with E-state index in [2.05, 4.69) is 0 Å². The van der Waals surface area contributed by atoms with Crippen molar-refractivity contribution in [2.45, 2.75) is 20.3 Å². The van der Waals surface area contributed by atoms with Gasteiger partial charge in [-0.2, -0.15) is 5.26 Å². The van der Waals surface area contributed by atoms with Gasteiger partial charge in [0.1, 0.15) is 5.75 Å². The van der Waals surface area contributed by atoms with Crippen LogP contribution in [0.5, 0.6) is 5.75 Å². The van der Waals surface area contributed by atoms with Crippen molar-refractivity contribution in [3.63, 3.8) is 0 Å². The number of fused-ring (bicyclic) bond motifs is 1. The number of ether oxygens (including phenoxy) is 1. The molecule has 0 saturated heterocycles. The Morgan fingerprint density at radius 3 is 2.68 bits per heavy atom. The van der Waals surface area contributed by atoms with Crippen molar-refractivity contribution in [1.29, 1.82) is 5.26 Å². The van der Waals surface area contributed by atoms with Gasteiger partial charge in [-0.1, -0.05) is 6.07 Å². The Kier molecular flexibility index (Phi) is 3.30. The number of nitrogens with zero attached hydrogens (tertiary/aromatic N) is 2. The fourth-order valence-electron chi connectivity index (χ4n) is 2.50. The highest BCUT2D eigenvalue weighted by Crippen LogP contribution is 2.34. The van der Waals surface area contributed by atoms with Gasteiger partial charge in [0, 0.05) is 23.7 Å². The maximum Gasteiger partial charge on any atom is 0.179 e. The summed E-state index contributed by atoms with van der Waals surface area (Å²) in [5.41, 5.74) is 3.42. The van der Waals surface area contributed by atoms with Crippen molar-refractivity contribution < 1.29 is 9.53 Å². The molecule has 0 amide bonds. The number of carbonyl (C=O) groups excluding carboxylic acids is 1. The zero-order valence-corrected chi connectivity index (χ0v) is 11.6. The molecule has 4 nitrogen and oxygen atoms in total. The third kappa shape index (κ3) is 1.88. The van der Waals surface area contributed by atoms with Crippen molar-refractivity contribution >= 4 is 16.7 Å². The predicted molar refractivity (Wildman–Crippen MR) is 73.5 cm³/mol. The highest BCUT2D eigenvalue weighted by atomic mass is 16.5. The predicted octanol–water partition coefficient (Wildman–Crippen LogP) is 2.90.